The van der Waals surface area contributed by atoms with Crippen molar-refractivity contribution in [1.82, 2.24) is 10.0 Å². The van der Waals surface area contributed by atoms with Gasteiger partial charge in [0, 0.05) is 6.54 Å². The minimum Gasteiger partial charge on any atom is -0.316 e. The van der Waals surface area contributed by atoms with E-state index in [0.717, 1.165) is 19.4 Å². The first-order valence-corrected chi connectivity index (χ1v) is 7.45. The Labute approximate surface area is 103 Å². The summed E-state index contributed by atoms with van der Waals surface area (Å²) in [5, 5.41) is 3.13. The minimum absolute atomic E-state index is 0.134. The molecular formula is C12H20N2O2S. The van der Waals surface area contributed by atoms with Crippen molar-refractivity contribution in [3.63, 3.8) is 0 Å². The third kappa shape index (κ3) is 6.41. The van der Waals surface area contributed by atoms with Crippen LogP contribution in [0.15, 0.2) is 30.3 Å². The van der Waals surface area contributed by atoms with Crippen LogP contribution in [0.5, 0.6) is 0 Å². The molecular weight excluding hydrogens is 236 g/mol. The van der Waals surface area contributed by atoms with E-state index in [0.29, 0.717) is 6.54 Å². The van der Waals surface area contributed by atoms with E-state index in [-0.39, 0.29) is 5.75 Å². The Balaban J connectivity index is 2.06. The molecule has 96 valence electrons. The van der Waals surface area contributed by atoms with Crippen LogP contribution in [0.2, 0.25) is 0 Å². The summed E-state index contributed by atoms with van der Waals surface area (Å²) < 4.78 is 24.5. The van der Waals surface area contributed by atoms with Gasteiger partial charge in [0.2, 0.25) is 10.0 Å². The normalized spacial score (nSPS) is 11.6. The molecule has 0 amide bonds. The van der Waals surface area contributed by atoms with Crippen LogP contribution < -0.4 is 10.0 Å². The van der Waals surface area contributed by atoms with E-state index in [1.54, 1.807) is 0 Å². The second-order valence-corrected chi connectivity index (χ2v) is 5.91. The molecule has 2 N–H and O–H groups in total. The van der Waals surface area contributed by atoms with E-state index in [9.17, 15) is 8.42 Å². The summed E-state index contributed by atoms with van der Waals surface area (Å²) in [5.74, 6) is 0.134. The fourth-order valence-corrected chi connectivity index (χ4v) is 2.11. The van der Waals surface area contributed by atoms with Gasteiger partial charge in [-0.1, -0.05) is 30.3 Å². The molecule has 0 aromatic heterocycles. The van der Waals surface area contributed by atoms with Crippen LogP contribution >= 0.6 is 0 Å². The zero-order valence-electron chi connectivity index (χ0n) is 10.1. The van der Waals surface area contributed by atoms with Crippen LogP contribution in [0.4, 0.5) is 0 Å². The van der Waals surface area contributed by atoms with Gasteiger partial charge in [0.25, 0.3) is 0 Å². The Morgan fingerprint density at radius 2 is 1.82 bits per heavy atom. The van der Waals surface area contributed by atoms with Gasteiger partial charge in [0.1, 0.15) is 0 Å². The molecule has 1 aromatic carbocycles. The predicted octanol–water partition coefficient (Wildman–Crippen LogP) is 0.758. The van der Waals surface area contributed by atoms with E-state index < -0.39 is 10.0 Å². The maximum atomic E-state index is 11.1. The molecule has 0 atom stereocenters. The lowest BCUT2D eigenvalue weighted by atomic mass is 10.1. The Kier molecular flexibility index (Phi) is 6.18. The smallest absolute Gasteiger partial charge is 0.212 e. The highest BCUT2D eigenvalue weighted by atomic mass is 32.2. The Hall–Kier alpha value is -0.910. The molecule has 0 saturated heterocycles. The molecule has 0 bridgehead atoms. The third-order valence-electron chi connectivity index (χ3n) is 2.52. The molecule has 0 aliphatic heterocycles. The fourth-order valence-electron chi connectivity index (χ4n) is 1.50. The minimum atomic E-state index is -3.07. The predicted molar refractivity (Wildman–Crippen MR) is 70.5 cm³/mol. The second-order valence-electron chi connectivity index (χ2n) is 3.86. The summed E-state index contributed by atoms with van der Waals surface area (Å²) in [7, 11) is -1.64. The van der Waals surface area contributed by atoms with E-state index in [1.165, 1.54) is 12.6 Å². The maximum absolute atomic E-state index is 11.1. The molecule has 5 heteroatoms. The van der Waals surface area contributed by atoms with E-state index in [1.807, 2.05) is 18.2 Å². The first kappa shape index (κ1) is 14.2. The van der Waals surface area contributed by atoms with Gasteiger partial charge in [0.05, 0.1) is 5.75 Å². The lowest BCUT2D eigenvalue weighted by Crippen LogP contribution is -2.30. The number of hydrogen-bond donors (Lipinski definition) is 2. The zero-order chi connectivity index (χ0) is 12.6. The molecule has 0 spiro atoms. The third-order valence-corrected chi connectivity index (χ3v) is 3.88. The first-order valence-electron chi connectivity index (χ1n) is 5.80. The number of sulfonamides is 1. The summed E-state index contributed by atoms with van der Waals surface area (Å²) in [4.78, 5) is 0. The SMILES string of the molecule is CNS(=O)(=O)CCNCCCc1ccccc1. The molecule has 17 heavy (non-hydrogen) atoms. The van der Waals surface area contributed by atoms with Crippen molar-refractivity contribution in [3.05, 3.63) is 35.9 Å². The number of hydrogen-bond acceptors (Lipinski definition) is 3. The molecule has 0 unspecified atom stereocenters. The van der Waals surface area contributed by atoms with Crippen LogP contribution in [-0.2, 0) is 16.4 Å². The summed E-state index contributed by atoms with van der Waals surface area (Å²) in [6.45, 7) is 1.34. The molecule has 1 rings (SSSR count). The number of nitrogens with one attached hydrogen (secondary N) is 2. The van der Waals surface area contributed by atoms with Gasteiger partial charge >= 0.3 is 0 Å². The summed E-state index contributed by atoms with van der Waals surface area (Å²) in [5.41, 5.74) is 1.32. The van der Waals surface area contributed by atoms with Crippen LogP contribution in [0, 0.1) is 0 Å². The molecule has 4 nitrogen and oxygen atoms in total. The van der Waals surface area contributed by atoms with Crippen LogP contribution in [0.3, 0.4) is 0 Å². The number of rotatable bonds is 8. The topological polar surface area (TPSA) is 58.2 Å². The average molecular weight is 256 g/mol. The van der Waals surface area contributed by atoms with E-state index in [4.69, 9.17) is 0 Å². The van der Waals surface area contributed by atoms with Gasteiger partial charge in [0.15, 0.2) is 0 Å². The maximum Gasteiger partial charge on any atom is 0.212 e. The Morgan fingerprint density at radius 1 is 1.12 bits per heavy atom. The van der Waals surface area contributed by atoms with Crippen molar-refractivity contribution in [3.8, 4) is 0 Å². The number of aryl methyl sites for hydroxylation is 1. The van der Waals surface area contributed by atoms with Crippen molar-refractivity contribution >= 4 is 10.0 Å². The van der Waals surface area contributed by atoms with Crippen molar-refractivity contribution in [2.45, 2.75) is 12.8 Å². The summed E-state index contributed by atoms with van der Waals surface area (Å²) >= 11 is 0. The highest BCUT2D eigenvalue weighted by molar-refractivity contribution is 7.89. The fraction of sp³-hybridized carbons (Fsp3) is 0.500. The quantitative estimate of drug-likeness (QED) is 0.675. The molecule has 1 aromatic rings. The van der Waals surface area contributed by atoms with Crippen molar-refractivity contribution < 1.29 is 8.42 Å². The zero-order valence-corrected chi connectivity index (χ0v) is 11.0. The second kappa shape index (κ2) is 7.42. The molecule has 0 heterocycles. The van der Waals surface area contributed by atoms with Gasteiger partial charge < -0.3 is 5.32 Å². The molecule has 0 radical (unpaired) electrons. The van der Waals surface area contributed by atoms with Gasteiger partial charge in [-0.05, 0) is 32.0 Å². The molecule has 0 aliphatic rings. The molecule has 0 saturated carbocycles. The van der Waals surface area contributed by atoms with Crippen LogP contribution in [0.25, 0.3) is 0 Å². The lowest BCUT2D eigenvalue weighted by molar-refractivity contribution is 0.581. The van der Waals surface area contributed by atoms with Crippen LogP contribution in [-0.4, -0.2) is 34.3 Å². The first-order chi connectivity index (χ1) is 8.14. The molecule has 0 fully saturated rings. The van der Waals surface area contributed by atoms with Crippen molar-refractivity contribution in [2.24, 2.45) is 0 Å². The number of benzene rings is 1. The summed E-state index contributed by atoms with van der Waals surface area (Å²) in [6, 6.07) is 10.3. The van der Waals surface area contributed by atoms with Gasteiger partial charge in [-0.15, -0.1) is 0 Å². The van der Waals surface area contributed by atoms with Gasteiger partial charge in [-0.25, -0.2) is 13.1 Å². The lowest BCUT2D eigenvalue weighted by Gasteiger charge is -2.05. The monoisotopic (exact) mass is 256 g/mol. The van der Waals surface area contributed by atoms with Crippen LogP contribution in [0.1, 0.15) is 12.0 Å². The Bertz CT molecular complexity index is 404. The highest BCUT2D eigenvalue weighted by Crippen LogP contribution is 2.01. The Morgan fingerprint density at radius 3 is 2.47 bits per heavy atom. The van der Waals surface area contributed by atoms with Gasteiger partial charge in [-0.3, -0.25) is 0 Å². The summed E-state index contributed by atoms with van der Waals surface area (Å²) in [6.07, 6.45) is 2.04. The van der Waals surface area contributed by atoms with Gasteiger partial charge in [-0.2, -0.15) is 0 Å². The van der Waals surface area contributed by atoms with E-state index in [2.05, 4.69) is 22.2 Å². The average Bonchev–Trinajstić information content (AvgIpc) is 2.35. The van der Waals surface area contributed by atoms with E-state index >= 15 is 0 Å². The molecule has 0 aliphatic carbocycles. The van der Waals surface area contributed by atoms with Crippen molar-refractivity contribution in [1.29, 1.82) is 0 Å². The standard InChI is InChI=1S/C12H20N2O2S/c1-13-17(15,16)11-10-14-9-5-8-12-6-3-2-4-7-12/h2-4,6-7,13-14H,5,8-11H2,1H3. The van der Waals surface area contributed by atoms with Crippen molar-refractivity contribution in [2.75, 3.05) is 25.9 Å². The highest BCUT2D eigenvalue weighted by Gasteiger charge is 2.04. The largest absolute Gasteiger partial charge is 0.316 e.